The van der Waals surface area contributed by atoms with Gasteiger partial charge in [-0.2, -0.15) is 0 Å². The summed E-state index contributed by atoms with van der Waals surface area (Å²) in [6.07, 6.45) is 0. The average Bonchev–Trinajstić information content (AvgIpc) is 2.71. The Bertz CT molecular complexity index is 1010. The molecule has 2 atom stereocenters. The van der Waals surface area contributed by atoms with E-state index in [0.717, 1.165) is 11.1 Å². The summed E-state index contributed by atoms with van der Waals surface area (Å²) < 4.78 is 0. The van der Waals surface area contributed by atoms with Crippen LogP contribution in [0, 0.1) is 0 Å². The van der Waals surface area contributed by atoms with E-state index in [1.165, 1.54) is 21.5 Å². The number of hydrogen-bond acceptors (Lipinski definition) is 1. The molecule has 128 valence electrons. The second kappa shape index (κ2) is 6.76. The summed E-state index contributed by atoms with van der Waals surface area (Å²) in [7, 11) is 0. The molecule has 0 heterocycles. The van der Waals surface area contributed by atoms with E-state index in [-0.39, 0.29) is 17.6 Å². The van der Waals surface area contributed by atoms with Crippen LogP contribution in [0.15, 0.2) is 84.9 Å². The molecular weight excluding hydrogens is 316 g/mol. The molecule has 0 aliphatic heterocycles. The minimum atomic E-state index is -0.124. The van der Waals surface area contributed by atoms with Gasteiger partial charge in [-0.05, 0) is 32.7 Å². The van der Waals surface area contributed by atoms with Crippen molar-refractivity contribution < 1.29 is 4.79 Å². The first-order chi connectivity index (χ1) is 12.6. The lowest BCUT2D eigenvalue weighted by Gasteiger charge is -2.18. The SMILES string of the molecule is CC(C(=O)C(C)c1ccc2ccccc2c1)c1ccc2ccccc2c1. The summed E-state index contributed by atoms with van der Waals surface area (Å²) in [5, 5.41) is 4.78. The van der Waals surface area contributed by atoms with Crippen LogP contribution in [0.5, 0.6) is 0 Å². The van der Waals surface area contributed by atoms with Crippen molar-refractivity contribution in [3.63, 3.8) is 0 Å². The Labute approximate surface area is 154 Å². The molecule has 0 radical (unpaired) electrons. The summed E-state index contributed by atoms with van der Waals surface area (Å²) in [6, 6.07) is 29.2. The minimum absolute atomic E-state index is 0.124. The summed E-state index contributed by atoms with van der Waals surface area (Å²) in [5.41, 5.74) is 2.17. The van der Waals surface area contributed by atoms with Gasteiger partial charge < -0.3 is 0 Å². The van der Waals surface area contributed by atoms with Crippen LogP contribution < -0.4 is 0 Å². The van der Waals surface area contributed by atoms with Crippen molar-refractivity contribution in [1.82, 2.24) is 0 Å². The first-order valence-electron chi connectivity index (χ1n) is 9.14. The molecule has 1 nitrogen and oxygen atoms in total. The Morgan fingerprint density at radius 2 is 0.962 bits per heavy atom. The van der Waals surface area contributed by atoms with Crippen LogP contribution >= 0.6 is 0 Å². The maximum Gasteiger partial charge on any atom is 0.147 e. The van der Waals surface area contributed by atoms with Crippen molar-refractivity contribution in [2.45, 2.75) is 25.7 Å². The van der Waals surface area contributed by atoms with E-state index >= 15 is 0 Å². The van der Waals surface area contributed by atoms with Crippen molar-refractivity contribution in [2.75, 3.05) is 0 Å². The lowest BCUT2D eigenvalue weighted by molar-refractivity contribution is -0.121. The summed E-state index contributed by atoms with van der Waals surface area (Å²) in [6.45, 7) is 4.04. The lowest BCUT2D eigenvalue weighted by atomic mass is 9.84. The highest BCUT2D eigenvalue weighted by molar-refractivity contribution is 5.94. The van der Waals surface area contributed by atoms with Crippen molar-refractivity contribution in [3.8, 4) is 0 Å². The standard InChI is InChI=1S/C25H22O/c1-17(21-13-11-19-7-3-5-9-23(19)15-21)25(26)18(2)22-14-12-20-8-4-6-10-24(20)16-22/h3-18H,1-2H3. The topological polar surface area (TPSA) is 17.1 Å². The third-order valence-electron chi connectivity index (χ3n) is 5.40. The smallest absolute Gasteiger partial charge is 0.147 e. The van der Waals surface area contributed by atoms with Gasteiger partial charge >= 0.3 is 0 Å². The Morgan fingerprint density at radius 3 is 1.38 bits per heavy atom. The first kappa shape index (κ1) is 16.5. The predicted molar refractivity (Wildman–Crippen MR) is 110 cm³/mol. The van der Waals surface area contributed by atoms with Crippen molar-refractivity contribution in [1.29, 1.82) is 0 Å². The van der Waals surface area contributed by atoms with Crippen LogP contribution in [0.2, 0.25) is 0 Å². The van der Waals surface area contributed by atoms with Gasteiger partial charge in [-0.25, -0.2) is 0 Å². The average molecular weight is 338 g/mol. The number of carbonyl (C=O) groups excluding carboxylic acids is 1. The maximum absolute atomic E-state index is 13.1. The Morgan fingerprint density at radius 1 is 0.577 bits per heavy atom. The number of fused-ring (bicyclic) bond motifs is 2. The fourth-order valence-electron chi connectivity index (χ4n) is 3.66. The highest BCUT2D eigenvalue weighted by Crippen LogP contribution is 2.29. The molecule has 0 bridgehead atoms. The molecule has 0 amide bonds. The van der Waals surface area contributed by atoms with Crippen LogP contribution in [-0.2, 0) is 4.79 Å². The maximum atomic E-state index is 13.1. The first-order valence-corrected chi connectivity index (χ1v) is 9.14. The highest BCUT2D eigenvalue weighted by atomic mass is 16.1. The Hall–Kier alpha value is -2.93. The molecule has 4 aromatic carbocycles. The Balaban J connectivity index is 1.63. The molecule has 26 heavy (non-hydrogen) atoms. The third kappa shape index (κ3) is 3.01. The molecule has 0 aromatic heterocycles. The summed E-state index contributed by atoms with van der Waals surface area (Å²) >= 11 is 0. The minimum Gasteiger partial charge on any atom is -0.298 e. The van der Waals surface area contributed by atoms with Gasteiger partial charge in [0.2, 0.25) is 0 Å². The van der Waals surface area contributed by atoms with Crippen molar-refractivity contribution >= 4 is 27.3 Å². The van der Waals surface area contributed by atoms with E-state index in [0.29, 0.717) is 0 Å². The molecule has 0 fully saturated rings. The second-order valence-corrected chi connectivity index (χ2v) is 7.06. The van der Waals surface area contributed by atoms with Crippen LogP contribution in [0.1, 0.15) is 36.8 Å². The van der Waals surface area contributed by atoms with Crippen LogP contribution in [-0.4, -0.2) is 5.78 Å². The van der Waals surface area contributed by atoms with Gasteiger partial charge in [0.05, 0.1) is 0 Å². The zero-order valence-electron chi connectivity index (χ0n) is 15.1. The lowest BCUT2D eigenvalue weighted by Crippen LogP contribution is -2.16. The fraction of sp³-hybridized carbons (Fsp3) is 0.160. The third-order valence-corrected chi connectivity index (χ3v) is 5.40. The number of hydrogen-bond donors (Lipinski definition) is 0. The molecule has 2 unspecified atom stereocenters. The molecule has 0 spiro atoms. The predicted octanol–water partition coefficient (Wildman–Crippen LogP) is 6.47. The molecule has 4 rings (SSSR count). The van der Waals surface area contributed by atoms with Gasteiger partial charge in [0.1, 0.15) is 5.78 Å². The van der Waals surface area contributed by atoms with Gasteiger partial charge in [0.15, 0.2) is 0 Å². The van der Waals surface area contributed by atoms with Gasteiger partial charge in [0, 0.05) is 11.8 Å². The van der Waals surface area contributed by atoms with Crippen molar-refractivity contribution in [2.24, 2.45) is 0 Å². The molecule has 0 N–H and O–H groups in total. The summed E-state index contributed by atoms with van der Waals surface area (Å²) in [5.74, 6) is 0.0118. The van der Waals surface area contributed by atoms with E-state index < -0.39 is 0 Å². The fourth-order valence-corrected chi connectivity index (χ4v) is 3.66. The second-order valence-electron chi connectivity index (χ2n) is 7.06. The van der Waals surface area contributed by atoms with Gasteiger partial charge in [-0.3, -0.25) is 4.79 Å². The zero-order chi connectivity index (χ0) is 18.1. The van der Waals surface area contributed by atoms with E-state index in [1.54, 1.807) is 0 Å². The highest BCUT2D eigenvalue weighted by Gasteiger charge is 2.23. The molecule has 1 heteroatoms. The van der Waals surface area contributed by atoms with Crippen LogP contribution in [0.3, 0.4) is 0 Å². The van der Waals surface area contributed by atoms with Gasteiger partial charge in [-0.15, -0.1) is 0 Å². The van der Waals surface area contributed by atoms with Gasteiger partial charge in [-0.1, -0.05) is 98.8 Å². The largest absolute Gasteiger partial charge is 0.298 e. The van der Waals surface area contributed by atoms with Gasteiger partial charge in [0.25, 0.3) is 0 Å². The molecule has 0 aliphatic rings. The number of carbonyl (C=O) groups is 1. The normalized spacial score (nSPS) is 13.6. The molecule has 0 aliphatic carbocycles. The zero-order valence-corrected chi connectivity index (χ0v) is 15.1. The molecule has 4 aromatic rings. The summed E-state index contributed by atoms with van der Waals surface area (Å²) in [4.78, 5) is 13.1. The number of ketones is 1. The molecule has 0 saturated carbocycles. The van der Waals surface area contributed by atoms with Crippen LogP contribution in [0.25, 0.3) is 21.5 Å². The van der Waals surface area contributed by atoms with E-state index in [9.17, 15) is 4.79 Å². The Kier molecular flexibility index (Phi) is 4.30. The van der Waals surface area contributed by atoms with Crippen LogP contribution in [0.4, 0.5) is 0 Å². The number of Topliss-reactive ketones (excluding diaryl/α,β-unsaturated/α-hetero) is 1. The molecular formula is C25H22O. The van der Waals surface area contributed by atoms with E-state index in [4.69, 9.17) is 0 Å². The van der Waals surface area contributed by atoms with E-state index in [1.807, 2.05) is 38.1 Å². The monoisotopic (exact) mass is 338 g/mol. The van der Waals surface area contributed by atoms with Crippen molar-refractivity contribution in [3.05, 3.63) is 96.1 Å². The number of rotatable bonds is 4. The quantitative estimate of drug-likeness (QED) is 0.417. The number of benzene rings is 4. The molecule has 0 saturated heterocycles. The van der Waals surface area contributed by atoms with E-state index in [2.05, 4.69) is 60.7 Å².